The Balaban J connectivity index is -0.0000000570. The van der Waals surface area contributed by atoms with Crippen LogP contribution in [0.4, 0.5) is 0 Å². The molecule has 0 heterocycles. The predicted octanol–water partition coefficient (Wildman–Crippen LogP) is 7.16. The van der Waals surface area contributed by atoms with Gasteiger partial charge in [-0.15, -0.1) is 0 Å². The van der Waals surface area contributed by atoms with Crippen molar-refractivity contribution in [3.63, 3.8) is 0 Å². The van der Waals surface area contributed by atoms with Crippen LogP contribution in [-0.2, 0) is 0 Å². The number of hydrogen-bond acceptors (Lipinski definition) is 1. The third kappa shape index (κ3) is 97.3. The summed E-state index contributed by atoms with van der Waals surface area (Å²) in [4.78, 5) is 4.16. The third-order valence-electron chi connectivity index (χ3n) is 2.28. The van der Waals surface area contributed by atoms with E-state index in [4.69, 9.17) is 0 Å². The molecule has 0 saturated carbocycles. The molecule has 0 unspecified atom stereocenters. The molecule has 0 aromatic heterocycles. The number of nitrogens with zero attached hydrogens (tertiary/aromatic N) is 1. The summed E-state index contributed by atoms with van der Waals surface area (Å²) in [5, 5.41) is 0. The van der Waals surface area contributed by atoms with Crippen molar-refractivity contribution in [2.75, 3.05) is 6.54 Å². The minimum atomic E-state index is 0. The Morgan fingerprint density at radius 2 is 0.952 bits per heavy atom. The molecular weight excluding hydrogens is 361 g/mol. The molecule has 0 aromatic rings. The van der Waals surface area contributed by atoms with Crippen LogP contribution in [0.1, 0.15) is 107 Å². The van der Waals surface area contributed by atoms with Crippen molar-refractivity contribution in [3.8, 4) is 0 Å². The normalized spacial score (nSPS) is 8.67. The summed E-state index contributed by atoms with van der Waals surface area (Å²) in [6, 6.07) is 0. The van der Waals surface area contributed by atoms with Crippen molar-refractivity contribution in [2.45, 2.75) is 107 Å². The quantitative estimate of drug-likeness (QED) is 0.328. The second-order valence-corrected chi connectivity index (χ2v) is 5.35. The molecule has 21 heavy (non-hydrogen) atoms. The summed E-state index contributed by atoms with van der Waals surface area (Å²) in [6.07, 6.45) is 11.0. The number of rotatable bonds is 6. The maximum Gasteiger partial charge on any atom is 0.0408 e. The Kier molecular flexibility index (Phi) is 67.5. The van der Waals surface area contributed by atoms with Gasteiger partial charge in [-0.25, -0.2) is 0 Å². The van der Waals surface area contributed by atoms with E-state index in [0.29, 0.717) is 5.92 Å². The fraction of sp³-hybridized carbons (Fsp3) is 0.947. The first-order valence-electron chi connectivity index (χ1n) is 9.00. The van der Waals surface area contributed by atoms with Gasteiger partial charge in [0.25, 0.3) is 0 Å². The number of unbranched alkanes of at least 4 members (excludes halogenated alkanes) is 3. The summed E-state index contributed by atoms with van der Waals surface area (Å²) in [5.74, 6) is 0.706. The van der Waals surface area contributed by atoms with Crippen molar-refractivity contribution in [1.29, 1.82) is 0 Å². The first-order valence-corrected chi connectivity index (χ1v) is 9.00. The van der Waals surface area contributed by atoms with Crippen LogP contribution >= 0.6 is 0 Å². The van der Waals surface area contributed by atoms with Gasteiger partial charge in [-0.1, -0.05) is 101 Å². The summed E-state index contributed by atoms with van der Waals surface area (Å²) in [5.41, 5.74) is 0. The van der Waals surface area contributed by atoms with Crippen LogP contribution in [0.15, 0.2) is 4.99 Å². The van der Waals surface area contributed by atoms with Gasteiger partial charge in [0.15, 0.2) is 0 Å². The van der Waals surface area contributed by atoms with E-state index in [2.05, 4.69) is 67.3 Å². The molecule has 0 N–H and O–H groups in total. The van der Waals surface area contributed by atoms with Crippen LogP contribution < -0.4 is 0 Å². The van der Waals surface area contributed by atoms with E-state index in [1.54, 1.807) is 0 Å². The van der Waals surface area contributed by atoms with Gasteiger partial charge >= 0.3 is 0 Å². The topological polar surface area (TPSA) is 12.4 Å². The van der Waals surface area contributed by atoms with E-state index in [9.17, 15) is 0 Å². The fourth-order valence-electron chi connectivity index (χ4n) is 0.414. The molecule has 0 aromatic carbocycles. The second kappa shape index (κ2) is 42.8. The van der Waals surface area contributed by atoms with Crippen LogP contribution in [0.2, 0.25) is 0 Å². The predicted molar refractivity (Wildman–Crippen MR) is 106 cm³/mol. The standard InChI is InChI=1S/C7H15N.3C4H10.Sn/c1-4-5-8-6-7(2)3;3*1-3-4-2;/h5,7H,4,6H2,1-3H3;3*3-4H2,1-2H3;. The van der Waals surface area contributed by atoms with E-state index >= 15 is 0 Å². The fourth-order valence-corrected chi connectivity index (χ4v) is 0.414. The monoisotopic (exact) mass is 407 g/mol. The van der Waals surface area contributed by atoms with Crippen LogP contribution in [0.3, 0.4) is 0 Å². The molecule has 0 aliphatic carbocycles. The van der Waals surface area contributed by atoms with Crippen molar-refractivity contribution in [3.05, 3.63) is 0 Å². The molecule has 0 rings (SSSR count). The summed E-state index contributed by atoms with van der Waals surface area (Å²) in [7, 11) is 0. The second-order valence-electron chi connectivity index (χ2n) is 5.35. The molecule has 0 bridgehead atoms. The van der Waals surface area contributed by atoms with E-state index in [-0.39, 0.29) is 23.9 Å². The summed E-state index contributed by atoms with van der Waals surface area (Å²) < 4.78 is 0. The first-order chi connectivity index (χ1) is 9.51. The maximum absolute atomic E-state index is 4.16. The third-order valence-corrected chi connectivity index (χ3v) is 2.28. The minimum absolute atomic E-state index is 0. The molecule has 0 saturated heterocycles. The zero-order chi connectivity index (χ0) is 16.6. The first kappa shape index (κ1) is 33.2. The zero-order valence-corrected chi connectivity index (χ0v) is 19.6. The zero-order valence-electron chi connectivity index (χ0n) is 16.8. The Hall–Kier alpha value is 0.469. The molecule has 0 aliphatic heterocycles. The van der Waals surface area contributed by atoms with Crippen LogP contribution in [0, 0.1) is 5.92 Å². The number of aliphatic imine (C=N–C) groups is 1. The molecule has 0 aliphatic rings. The SMILES string of the molecule is CCC=NCC(C)C.CCCC.CCCC.CCCC.[Sn]. The summed E-state index contributed by atoms with van der Waals surface area (Å²) in [6.45, 7) is 20.5. The average Bonchev–Trinajstić information content (AvgIpc) is 2.48. The van der Waals surface area contributed by atoms with Gasteiger partial charge in [-0.3, -0.25) is 4.99 Å². The molecule has 4 radical (unpaired) electrons. The molecule has 0 fully saturated rings. The Labute approximate surface area is 154 Å². The molecule has 1 nitrogen and oxygen atoms in total. The van der Waals surface area contributed by atoms with Crippen molar-refractivity contribution < 1.29 is 0 Å². The van der Waals surface area contributed by atoms with E-state index in [1.807, 2.05) is 6.21 Å². The molecule has 0 amide bonds. The van der Waals surface area contributed by atoms with Gasteiger partial charge in [0.05, 0.1) is 0 Å². The summed E-state index contributed by atoms with van der Waals surface area (Å²) >= 11 is 0. The molecule has 130 valence electrons. The van der Waals surface area contributed by atoms with E-state index in [0.717, 1.165) is 13.0 Å². The van der Waals surface area contributed by atoms with Crippen molar-refractivity contribution >= 4 is 30.1 Å². The van der Waals surface area contributed by atoms with Gasteiger partial charge < -0.3 is 0 Å². The maximum atomic E-state index is 4.16. The van der Waals surface area contributed by atoms with Gasteiger partial charge in [0, 0.05) is 30.5 Å². The molecular formula is C19H45NSn. The van der Waals surface area contributed by atoms with Crippen molar-refractivity contribution in [2.24, 2.45) is 10.9 Å². The Morgan fingerprint density at radius 3 is 1.10 bits per heavy atom. The van der Waals surface area contributed by atoms with Crippen LogP contribution in [0.5, 0.6) is 0 Å². The van der Waals surface area contributed by atoms with Gasteiger partial charge in [0.2, 0.25) is 0 Å². The minimum Gasteiger partial charge on any atom is -0.297 e. The van der Waals surface area contributed by atoms with Crippen LogP contribution in [-0.4, -0.2) is 36.7 Å². The van der Waals surface area contributed by atoms with E-state index < -0.39 is 0 Å². The van der Waals surface area contributed by atoms with Crippen LogP contribution in [0.25, 0.3) is 0 Å². The largest absolute Gasteiger partial charge is 0.297 e. The molecule has 0 spiro atoms. The van der Waals surface area contributed by atoms with Gasteiger partial charge in [-0.2, -0.15) is 0 Å². The average molecular weight is 406 g/mol. The van der Waals surface area contributed by atoms with Crippen molar-refractivity contribution in [1.82, 2.24) is 0 Å². The Morgan fingerprint density at radius 1 is 0.667 bits per heavy atom. The van der Waals surface area contributed by atoms with Gasteiger partial charge in [-0.05, 0) is 18.6 Å². The Bertz CT molecular complexity index is 118. The molecule has 2 heteroatoms. The van der Waals surface area contributed by atoms with E-state index in [1.165, 1.54) is 38.5 Å². The smallest absolute Gasteiger partial charge is 0.0408 e. The van der Waals surface area contributed by atoms with Gasteiger partial charge in [0.1, 0.15) is 0 Å². The molecule has 0 atom stereocenters. The number of hydrogen-bond donors (Lipinski definition) is 0.